The van der Waals surface area contributed by atoms with Crippen molar-refractivity contribution < 1.29 is 4.79 Å². The third kappa shape index (κ3) is 4.06. The molecule has 3 rings (SSSR count). The molecule has 1 aliphatic carbocycles. The number of para-hydroxylation sites is 1. The van der Waals surface area contributed by atoms with Crippen LogP contribution < -0.4 is 5.32 Å². The van der Waals surface area contributed by atoms with Crippen molar-refractivity contribution >= 4 is 23.4 Å². The van der Waals surface area contributed by atoms with E-state index in [1.54, 1.807) is 0 Å². The zero-order chi connectivity index (χ0) is 18.0. The molecule has 0 radical (unpaired) electrons. The molecule has 2 atom stereocenters. The highest BCUT2D eigenvalue weighted by Gasteiger charge is 2.30. The Labute approximate surface area is 153 Å². The molecule has 1 N–H and O–H groups in total. The van der Waals surface area contributed by atoms with E-state index < -0.39 is 0 Å². The van der Waals surface area contributed by atoms with Crippen molar-refractivity contribution in [2.24, 2.45) is 0 Å². The lowest BCUT2D eigenvalue weighted by Gasteiger charge is -2.17. The van der Waals surface area contributed by atoms with E-state index in [9.17, 15) is 4.79 Å². The van der Waals surface area contributed by atoms with Gasteiger partial charge in [0.2, 0.25) is 5.91 Å². The van der Waals surface area contributed by atoms with Gasteiger partial charge in [0.05, 0.1) is 5.25 Å². The second-order valence-corrected chi connectivity index (χ2v) is 8.08. The van der Waals surface area contributed by atoms with Gasteiger partial charge < -0.3 is 9.88 Å². The summed E-state index contributed by atoms with van der Waals surface area (Å²) in [7, 11) is 0. The third-order valence-electron chi connectivity index (χ3n) is 4.76. The Bertz CT molecular complexity index is 754. The lowest BCUT2D eigenvalue weighted by Crippen LogP contribution is -2.23. The van der Waals surface area contributed by atoms with E-state index in [1.807, 2.05) is 32.0 Å². The van der Waals surface area contributed by atoms with Gasteiger partial charge >= 0.3 is 0 Å². The molecule has 1 amide bonds. The minimum absolute atomic E-state index is 0.00348. The van der Waals surface area contributed by atoms with Crippen LogP contribution in [0.4, 0.5) is 5.69 Å². The molecule has 0 aliphatic heterocycles. The van der Waals surface area contributed by atoms with Crippen molar-refractivity contribution in [1.82, 2.24) is 14.8 Å². The van der Waals surface area contributed by atoms with Crippen molar-refractivity contribution in [1.29, 1.82) is 0 Å². The number of nitrogens with zero attached hydrogens (tertiary/aromatic N) is 3. The van der Waals surface area contributed by atoms with Crippen LogP contribution in [0.1, 0.15) is 63.4 Å². The highest BCUT2D eigenvalue weighted by molar-refractivity contribution is 8.00. The van der Waals surface area contributed by atoms with Crippen molar-refractivity contribution in [2.75, 3.05) is 5.32 Å². The smallest absolute Gasteiger partial charge is 0.237 e. The van der Waals surface area contributed by atoms with Gasteiger partial charge in [0.1, 0.15) is 5.82 Å². The number of carbonyl (C=O) groups is 1. The SMILES string of the molecule is CC[C@@H](C)c1ccccc1NC(=O)[C@@H](C)Sc1nnc(C)n1C1CC1. The van der Waals surface area contributed by atoms with Crippen LogP contribution in [0, 0.1) is 6.92 Å². The fourth-order valence-corrected chi connectivity index (χ4v) is 3.85. The van der Waals surface area contributed by atoms with Crippen LogP contribution in [0.5, 0.6) is 0 Å². The molecule has 134 valence electrons. The van der Waals surface area contributed by atoms with Gasteiger partial charge in [-0.3, -0.25) is 4.79 Å². The maximum Gasteiger partial charge on any atom is 0.237 e. The summed E-state index contributed by atoms with van der Waals surface area (Å²) < 4.78 is 2.17. The molecule has 1 aromatic carbocycles. The topological polar surface area (TPSA) is 59.8 Å². The molecule has 0 saturated heterocycles. The van der Waals surface area contributed by atoms with E-state index in [1.165, 1.54) is 30.2 Å². The first-order valence-electron chi connectivity index (χ1n) is 8.99. The van der Waals surface area contributed by atoms with Crippen LogP contribution in [0.3, 0.4) is 0 Å². The second kappa shape index (κ2) is 7.60. The molecule has 25 heavy (non-hydrogen) atoms. The summed E-state index contributed by atoms with van der Waals surface area (Å²) in [5.74, 6) is 1.35. The fraction of sp³-hybridized carbons (Fsp3) is 0.526. The largest absolute Gasteiger partial charge is 0.325 e. The number of hydrogen-bond donors (Lipinski definition) is 1. The van der Waals surface area contributed by atoms with Gasteiger partial charge in [-0.25, -0.2) is 0 Å². The van der Waals surface area contributed by atoms with Crippen LogP contribution in [0.15, 0.2) is 29.4 Å². The zero-order valence-electron chi connectivity index (χ0n) is 15.3. The van der Waals surface area contributed by atoms with Crippen molar-refractivity contribution in [3.63, 3.8) is 0 Å². The highest BCUT2D eigenvalue weighted by Crippen LogP contribution is 2.39. The number of carbonyl (C=O) groups excluding carboxylic acids is 1. The summed E-state index contributed by atoms with van der Waals surface area (Å²) in [5.41, 5.74) is 2.10. The molecule has 1 saturated carbocycles. The summed E-state index contributed by atoms with van der Waals surface area (Å²) in [6.07, 6.45) is 3.39. The molecular formula is C19H26N4OS. The normalized spacial score (nSPS) is 16.5. The second-order valence-electron chi connectivity index (χ2n) is 6.78. The molecule has 1 aromatic heterocycles. The van der Waals surface area contributed by atoms with E-state index in [2.05, 4.69) is 40.0 Å². The molecule has 0 spiro atoms. The highest BCUT2D eigenvalue weighted by atomic mass is 32.2. The van der Waals surface area contributed by atoms with E-state index in [0.29, 0.717) is 12.0 Å². The van der Waals surface area contributed by atoms with Gasteiger partial charge in [-0.05, 0) is 50.7 Å². The lowest BCUT2D eigenvalue weighted by molar-refractivity contribution is -0.115. The molecule has 0 unspecified atom stereocenters. The maximum absolute atomic E-state index is 12.7. The van der Waals surface area contributed by atoms with Gasteiger partial charge in [0.25, 0.3) is 0 Å². The first kappa shape index (κ1) is 18.0. The quantitative estimate of drug-likeness (QED) is 0.738. The molecule has 0 bridgehead atoms. The van der Waals surface area contributed by atoms with E-state index in [4.69, 9.17) is 0 Å². The summed E-state index contributed by atoms with van der Waals surface area (Å²) in [6.45, 7) is 8.24. The van der Waals surface area contributed by atoms with Crippen molar-refractivity contribution in [3.05, 3.63) is 35.7 Å². The van der Waals surface area contributed by atoms with Crippen LogP contribution in [0.25, 0.3) is 0 Å². The summed E-state index contributed by atoms with van der Waals surface area (Å²) in [5, 5.41) is 12.2. The minimum Gasteiger partial charge on any atom is -0.325 e. The number of aryl methyl sites for hydroxylation is 1. The number of hydrogen-bond acceptors (Lipinski definition) is 4. The van der Waals surface area contributed by atoms with Gasteiger partial charge in [-0.2, -0.15) is 0 Å². The molecule has 5 nitrogen and oxygen atoms in total. The van der Waals surface area contributed by atoms with E-state index in [-0.39, 0.29) is 11.2 Å². The Morgan fingerprint density at radius 2 is 2.04 bits per heavy atom. The Morgan fingerprint density at radius 3 is 2.72 bits per heavy atom. The Morgan fingerprint density at radius 1 is 1.32 bits per heavy atom. The van der Waals surface area contributed by atoms with Gasteiger partial charge in [0, 0.05) is 11.7 Å². The minimum atomic E-state index is -0.230. The molecular weight excluding hydrogens is 332 g/mol. The molecule has 1 fully saturated rings. The van der Waals surface area contributed by atoms with E-state index >= 15 is 0 Å². The maximum atomic E-state index is 12.7. The Kier molecular flexibility index (Phi) is 5.47. The molecule has 1 aliphatic rings. The Balaban J connectivity index is 1.70. The Hall–Kier alpha value is -1.82. The fourth-order valence-electron chi connectivity index (χ4n) is 2.89. The summed E-state index contributed by atoms with van der Waals surface area (Å²) in [6, 6.07) is 8.57. The van der Waals surface area contributed by atoms with Crippen LogP contribution in [0.2, 0.25) is 0 Å². The van der Waals surface area contributed by atoms with Crippen molar-refractivity contribution in [2.45, 2.75) is 69.3 Å². The number of amides is 1. The number of benzene rings is 1. The van der Waals surface area contributed by atoms with Gasteiger partial charge in [-0.1, -0.05) is 43.8 Å². The predicted octanol–water partition coefficient (Wildman–Crippen LogP) is 4.55. The average molecular weight is 359 g/mol. The molecule has 1 heterocycles. The number of rotatable bonds is 7. The molecule has 6 heteroatoms. The summed E-state index contributed by atoms with van der Waals surface area (Å²) >= 11 is 1.48. The summed E-state index contributed by atoms with van der Waals surface area (Å²) in [4.78, 5) is 12.7. The first-order valence-corrected chi connectivity index (χ1v) is 9.87. The van der Waals surface area contributed by atoms with Crippen LogP contribution in [-0.2, 0) is 4.79 Å². The first-order chi connectivity index (χ1) is 12.0. The number of anilines is 1. The molecule has 2 aromatic rings. The monoisotopic (exact) mass is 358 g/mol. The van der Waals surface area contributed by atoms with Gasteiger partial charge in [0.15, 0.2) is 5.16 Å². The van der Waals surface area contributed by atoms with E-state index in [0.717, 1.165) is 23.1 Å². The van der Waals surface area contributed by atoms with Crippen LogP contribution in [-0.4, -0.2) is 25.9 Å². The lowest BCUT2D eigenvalue weighted by atomic mass is 9.97. The zero-order valence-corrected chi connectivity index (χ0v) is 16.1. The predicted molar refractivity (Wildman–Crippen MR) is 102 cm³/mol. The number of thioether (sulfide) groups is 1. The third-order valence-corrected chi connectivity index (χ3v) is 5.82. The number of aromatic nitrogens is 3. The van der Waals surface area contributed by atoms with Crippen LogP contribution >= 0.6 is 11.8 Å². The van der Waals surface area contributed by atoms with Gasteiger partial charge in [-0.15, -0.1) is 10.2 Å². The number of nitrogens with one attached hydrogen (secondary N) is 1. The standard InChI is InChI=1S/C19H26N4OS/c1-5-12(2)16-8-6-7-9-17(16)20-18(24)13(3)25-19-22-21-14(4)23(19)15-10-11-15/h6-9,12-13,15H,5,10-11H2,1-4H3,(H,20,24)/t12-,13-/m1/s1. The van der Waals surface area contributed by atoms with Crippen molar-refractivity contribution in [3.8, 4) is 0 Å². The average Bonchev–Trinajstić information content (AvgIpc) is 3.38.